The van der Waals surface area contributed by atoms with Crippen molar-refractivity contribution < 1.29 is 22.0 Å². The fraction of sp³-hybridized carbons (Fsp3) is 0.0769. The first kappa shape index (κ1) is 17.5. The van der Waals surface area contributed by atoms with E-state index in [2.05, 4.69) is 0 Å². The number of ether oxygens (including phenoxy) is 1. The van der Waals surface area contributed by atoms with Crippen LogP contribution in [0.25, 0.3) is 0 Å². The molecule has 0 saturated carbocycles. The van der Waals surface area contributed by atoms with Gasteiger partial charge in [0.15, 0.2) is 0 Å². The Kier molecular flexibility index (Phi) is 5.08. The topological polar surface area (TPSA) is 86.5 Å². The number of nitro benzene ring substituents is 1. The van der Waals surface area contributed by atoms with Crippen LogP contribution >= 0.6 is 23.2 Å². The Bertz CT molecular complexity index is 873. The van der Waals surface area contributed by atoms with Gasteiger partial charge in [-0.05, 0) is 18.2 Å². The first-order valence-corrected chi connectivity index (χ1v) is 8.12. The van der Waals surface area contributed by atoms with Crippen molar-refractivity contribution in [1.29, 1.82) is 0 Å². The third-order valence-electron chi connectivity index (χ3n) is 2.80. The van der Waals surface area contributed by atoms with E-state index < -0.39 is 20.0 Å². The van der Waals surface area contributed by atoms with Crippen molar-refractivity contribution in [2.24, 2.45) is 0 Å². The monoisotopic (exact) mass is 379 g/mol. The van der Waals surface area contributed by atoms with E-state index in [0.29, 0.717) is 0 Å². The Labute approximate surface area is 140 Å². The van der Waals surface area contributed by atoms with Gasteiger partial charge in [0.05, 0.1) is 9.95 Å². The quantitative estimate of drug-likeness (QED) is 0.442. The summed E-state index contributed by atoms with van der Waals surface area (Å²) in [5.74, 6) is 0.0921. The van der Waals surface area contributed by atoms with Crippen LogP contribution in [0.1, 0.15) is 5.56 Å². The van der Waals surface area contributed by atoms with Gasteiger partial charge in [-0.3, -0.25) is 10.1 Å². The third-order valence-corrected chi connectivity index (χ3v) is 4.24. The maximum atomic E-state index is 13.3. The number of nitro groups is 1. The van der Waals surface area contributed by atoms with Crippen LogP contribution in [0, 0.1) is 10.1 Å². The van der Waals surface area contributed by atoms with Crippen LogP contribution in [0.2, 0.25) is 10.0 Å². The predicted molar refractivity (Wildman–Crippen MR) is 82.2 cm³/mol. The van der Waals surface area contributed by atoms with Gasteiger partial charge in [-0.15, -0.1) is 3.89 Å². The Morgan fingerprint density at radius 1 is 1.17 bits per heavy atom. The maximum absolute atomic E-state index is 13.3. The largest absolute Gasteiger partial charge is 0.487 e. The standard InChI is InChI=1S/C13H8Cl2FNO5S/c14-9-2-1-8(13(5-9)23(16,20)21)7-22-12-4-3-10(17(18)19)6-11(12)15/h1-6H,7H2. The Morgan fingerprint density at radius 2 is 1.87 bits per heavy atom. The molecule has 122 valence electrons. The smallest absolute Gasteiger partial charge is 0.332 e. The molecule has 0 fully saturated rings. The molecule has 2 aromatic rings. The molecule has 23 heavy (non-hydrogen) atoms. The fourth-order valence-electron chi connectivity index (χ4n) is 1.75. The van der Waals surface area contributed by atoms with Gasteiger partial charge in [-0.2, -0.15) is 8.42 Å². The molecule has 0 unspecified atom stereocenters. The molecule has 0 aliphatic heterocycles. The molecule has 0 radical (unpaired) electrons. The SMILES string of the molecule is O=[N+]([O-])c1ccc(OCc2ccc(Cl)cc2S(=O)(=O)F)c(Cl)c1. The average molecular weight is 380 g/mol. The summed E-state index contributed by atoms with van der Waals surface area (Å²) in [5.41, 5.74) is -0.188. The molecule has 0 aliphatic carbocycles. The summed E-state index contributed by atoms with van der Waals surface area (Å²) in [5, 5.41) is 10.6. The minimum Gasteiger partial charge on any atom is -0.487 e. The van der Waals surface area contributed by atoms with Crippen molar-refractivity contribution in [3.05, 3.63) is 62.1 Å². The molecule has 10 heteroatoms. The molecule has 2 rings (SSSR count). The van der Waals surface area contributed by atoms with Crippen LogP contribution < -0.4 is 4.74 Å². The van der Waals surface area contributed by atoms with Crippen LogP contribution in [0.3, 0.4) is 0 Å². The third kappa shape index (κ3) is 4.31. The molecule has 0 aliphatic rings. The minimum absolute atomic E-state index is 0.0298. The van der Waals surface area contributed by atoms with E-state index in [1.807, 2.05) is 0 Å². The van der Waals surface area contributed by atoms with Gasteiger partial charge in [0.2, 0.25) is 0 Å². The van der Waals surface area contributed by atoms with E-state index in [1.165, 1.54) is 24.3 Å². The zero-order chi connectivity index (χ0) is 17.2. The molecule has 6 nitrogen and oxygen atoms in total. The highest BCUT2D eigenvalue weighted by atomic mass is 35.5. The van der Waals surface area contributed by atoms with Crippen molar-refractivity contribution in [2.45, 2.75) is 11.5 Å². The summed E-state index contributed by atoms with van der Waals surface area (Å²) in [6.07, 6.45) is 0. The Morgan fingerprint density at radius 3 is 2.43 bits per heavy atom. The van der Waals surface area contributed by atoms with Crippen LogP contribution in [0.5, 0.6) is 5.75 Å². The van der Waals surface area contributed by atoms with Crippen molar-refractivity contribution in [2.75, 3.05) is 0 Å². The van der Waals surface area contributed by atoms with Crippen molar-refractivity contribution in [3.63, 3.8) is 0 Å². The molecule has 0 aromatic heterocycles. The first-order chi connectivity index (χ1) is 10.7. The first-order valence-electron chi connectivity index (χ1n) is 5.98. The van der Waals surface area contributed by atoms with E-state index in [4.69, 9.17) is 27.9 Å². The highest BCUT2D eigenvalue weighted by molar-refractivity contribution is 7.86. The number of non-ortho nitro benzene ring substituents is 1. The molecular weight excluding hydrogens is 372 g/mol. The zero-order valence-electron chi connectivity index (χ0n) is 11.2. The van der Waals surface area contributed by atoms with Crippen LogP contribution in [0.15, 0.2) is 41.3 Å². The maximum Gasteiger partial charge on any atom is 0.332 e. The molecule has 0 heterocycles. The number of rotatable bonds is 5. The van der Waals surface area contributed by atoms with Crippen LogP contribution in [-0.2, 0) is 16.8 Å². The highest BCUT2D eigenvalue weighted by Crippen LogP contribution is 2.30. The number of hydrogen-bond acceptors (Lipinski definition) is 5. The van der Waals surface area contributed by atoms with Crippen molar-refractivity contribution >= 4 is 39.1 Å². The second-order valence-electron chi connectivity index (χ2n) is 4.35. The van der Waals surface area contributed by atoms with Gasteiger partial charge in [-0.25, -0.2) is 0 Å². The normalized spacial score (nSPS) is 11.3. The van der Waals surface area contributed by atoms with E-state index in [0.717, 1.165) is 12.1 Å². The molecule has 2 aromatic carbocycles. The van der Waals surface area contributed by atoms with Gasteiger partial charge in [-0.1, -0.05) is 29.3 Å². The Hall–Kier alpha value is -1.90. The van der Waals surface area contributed by atoms with Gasteiger partial charge < -0.3 is 4.74 Å². The molecule has 0 spiro atoms. The van der Waals surface area contributed by atoms with E-state index in [1.54, 1.807) is 0 Å². The van der Waals surface area contributed by atoms with E-state index in [-0.39, 0.29) is 33.7 Å². The van der Waals surface area contributed by atoms with Gasteiger partial charge in [0.1, 0.15) is 17.3 Å². The second kappa shape index (κ2) is 6.69. The van der Waals surface area contributed by atoms with Gasteiger partial charge in [0.25, 0.3) is 5.69 Å². The summed E-state index contributed by atoms with van der Waals surface area (Å²) in [4.78, 5) is 9.39. The summed E-state index contributed by atoms with van der Waals surface area (Å²) in [7, 11) is -4.98. The molecule has 0 atom stereocenters. The zero-order valence-corrected chi connectivity index (χ0v) is 13.5. The van der Waals surface area contributed by atoms with Gasteiger partial charge >= 0.3 is 10.2 Å². The highest BCUT2D eigenvalue weighted by Gasteiger charge is 2.19. The van der Waals surface area contributed by atoms with E-state index >= 15 is 0 Å². The molecular formula is C13H8Cl2FNO5S. The number of nitrogens with zero attached hydrogens (tertiary/aromatic N) is 1. The average Bonchev–Trinajstić information content (AvgIpc) is 2.45. The molecule has 0 bridgehead atoms. The molecule has 0 saturated heterocycles. The van der Waals surface area contributed by atoms with Crippen molar-refractivity contribution in [3.8, 4) is 5.75 Å². The van der Waals surface area contributed by atoms with Gasteiger partial charge in [0, 0.05) is 22.7 Å². The van der Waals surface area contributed by atoms with Crippen LogP contribution in [0.4, 0.5) is 9.57 Å². The number of halogens is 3. The summed E-state index contributed by atoms with van der Waals surface area (Å²) < 4.78 is 40.8. The molecule has 0 N–H and O–H groups in total. The Balaban J connectivity index is 2.27. The van der Waals surface area contributed by atoms with Crippen molar-refractivity contribution in [1.82, 2.24) is 0 Å². The lowest BCUT2D eigenvalue weighted by Gasteiger charge is -2.10. The van der Waals surface area contributed by atoms with E-state index in [9.17, 15) is 22.4 Å². The molecule has 0 amide bonds. The lowest BCUT2D eigenvalue weighted by Crippen LogP contribution is -2.03. The summed E-state index contributed by atoms with van der Waals surface area (Å²) in [6.45, 7) is -0.312. The second-order valence-corrected chi connectivity index (χ2v) is 6.51. The lowest BCUT2D eigenvalue weighted by molar-refractivity contribution is -0.384. The number of hydrogen-bond donors (Lipinski definition) is 0. The lowest BCUT2D eigenvalue weighted by atomic mass is 10.2. The fourth-order valence-corrected chi connectivity index (χ4v) is 2.92. The predicted octanol–water partition coefficient (Wildman–Crippen LogP) is 4.14. The van der Waals surface area contributed by atoms with Crippen LogP contribution in [-0.4, -0.2) is 13.3 Å². The minimum atomic E-state index is -4.98. The summed E-state index contributed by atoms with van der Waals surface area (Å²) >= 11 is 11.5. The summed E-state index contributed by atoms with van der Waals surface area (Å²) in [6, 6.07) is 7.18. The number of benzene rings is 2.